The molecule has 1 aliphatic heterocycles. The molecule has 4 heteroatoms. The van der Waals surface area contributed by atoms with E-state index < -0.39 is 0 Å². The average Bonchev–Trinajstić information content (AvgIpc) is 3.20. The van der Waals surface area contributed by atoms with E-state index in [2.05, 4.69) is 41.0 Å². The van der Waals surface area contributed by atoms with Crippen molar-refractivity contribution in [2.75, 3.05) is 19.6 Å². The highest BCUT2D eigenvalue weighted by Crippen LogP contribution is 2.46. The first-order valence-corrected chi connectivity index (χ1v) is 8.93. The molecule has 0 bridgehead atoms. The third-order valence-electron chi connectivity index (χ3n) is 5.96. The van der Waals surface area contributed by atoms with Crippen LogP contribution in [0.2, 0.25) is 0 Å². The highest BCUT2D eigenvalue weighted by molar-refractivity contribution is 5.85. The Kier molecular flexibility index (Phi) is 4.02. The summed E-state index contributed by atoms with van der Waals surface area (Å²) in [6.07, 6.45) is 3.30. The van der Waals surface area contributed by atoms with Gasteiger partial charge in [-0.05, 0) is 47.7 Å². The molecule has 126 valence electrons. The fraction of sp³-hybridized carbons (Fsp3) is 0.450. The molecule has 2 aromatic carbocycles. The molecule has 3 atom stereocenters. The van der Waals surface area contributed by atoms with Crippen LogP contribution in [0.5, 0.6) is 0 Å². The first-order valence-electron chi connectivity index (χ1n) is 8.93. The van der Waals surface area contributed by atoms with Gasteiger partial charge in [0.15, 0.2) is 0 Å². The lowest BCUT2D eigenvalue weighted by Gasteiger charge is -2.30. The quantitative estimate of drug-likeness (QED) is 0.809. The Morgan fingerprint density at radius 3 is 2.96 bits per heavy atom. The van der Waals surface area contributed by atoms with Crippen molar-refractivity contribution in [3.05, 3.63) is 48.0 Å². The number of rotatable bonds is 4. The number of fused-ring (bicyclic) bond motifs is 2. The topological polar surface area (TPSA) is 67.1 Å². The number of carbonyl (C=O) groups excluding carboxylic acids is 1. The zero-order valence-corrected chi connectivity index (χ0v) is 13.9. The van der Waals surface area contributed by atoms with Crippen LogP contribution in [0.1, 0.15) is 30.9 Å². The second-order valence-electron chi connectivity index (χ2n) is 7.24. The van der Waals surface area contributed by atoms with Crippen LogP contribution in [0.25, 0.3) is 10.8 Å². The minimum atomic E-state index is -0.218. The Morgan fingerprint density at radius 2 is 2.12 bits per heavy atom. The van der Waals surface area contributed by atoms with Crippen LogP contribution in [-0.2, 0) is 4.79 Å². The highest BCUT2D eigenvalue weighted by Gasteiger charge is 2.51. The maximum atomic E-state index is 13.0. The molecular formula is C20H25N3O. The van der Waals surface area contributed by atoms with Crippen molar-refractivity contribution in [3.8, 4) is 0 Å². The summed E-state index contributed by atoms with van der Waals surface area (Å²) in [6, 6.07) is 14.5. The smallest absolute Gasteiger partial charge is 0.228 e. The van der Waals surface area contributed by atoms with E-state index in [0.29, 0.717) is 12.5 Å². The zero-order valence-electron chi connectivity index (χ0n) is 13.9. The first-order chi connectivity index (χ1) is 11.7. The number of carbonyl (C=O) groups is 1. The molecule has 1 heterocycles. The summed E-state index contributed by atoms with van der Waals surface area (Å²) in [5, 5.41) is 9.05. The van der Waals surface area contributed by atoms with E-state index in [-0.39, 0.29) is 17.4 Å². The molecule has 0 aromatic heterocycles. The number of amides is 1. The van der Waals surface area contributed by atoms with Crippen molar-refractivity contribution in [1.29, 1.82) is 0 Å². The maximum absolute atomic E-state index is 13.0. The summed E-state index contributed by atoms with van der Waals surface area (Å²) >= 11 is 0. The van der Waals surface area contributed by atoms with Crippen LogP contribution in [0.4, 0.5) is 0 Å². The van der Waals surface area contributed by atoms with Gasteiger partial charge in [0.05, 0.1) is 11.5 Å². The summed E-state index contributed by atoms with van der Waals surface area (Å²) in [4.78, 5) is 13.0. The lowest BCUT2D eigenvalue weighted by molar-refractivity contribution is -0.132. The molecule has 2 aliphatic rings. The second kappa shape index (κ2) is 6.19. The number of nitrogens with two attached hydrogens (primary N) is 1. The largest absolute Gasteiger partial charge is 0.347 e. The van der Waals surface area contributed by atoms with Gasteiger partial charge < -0.3 is 16.4 Å². The van der Waals surface area contributed by atoms with Crippen LogP contribution in [0, 0.1) is 11.3 Å². The molecule has 24 heavy (non-hydrogen) atoms. The molecule has 1 saturated carbocycles. The van der Waals surface area contributed by atoms with Crippen molar-refractivity contribution in [3.63, 3.8) is 0 Å². The van der Waals surface area contributed by atoms with E-state index in [4.69, 9.17) is 5.73 Å². The third kappa shape index (κ3) is 2.50. The van der Waals surface area contributed by atoms with Gasteiger partial charge in [0.2, 0.25) is 5.91 Å². The molecular weight excluding hydrogens is 298 g/mol. The summed E-state index contributed by atoms with van der Waals surface area (Å²) in [6.45, 7) is 2.19. The molecule has 4 rings (SSSR count). The van der Waals surface area contributed by atoms with Crippen molar-refractivity contribution >= 4 is 16.7 Å². The standard InChI is InChI=1S/C20H25N3O/c21-11-18(16-8-7-14-4-1-2-5-15(14)10-16)23-19(24)20-9-3-6-17(20)12-22-13-20/h1-2,4-5,7-8,10,17-18,22H,3,6,9,11-13,21H2,(H,23,24)/t17-,18-,20-/m1/s1. The normalized spacial score (nSPS) is 27.1. The van der Waals surface area contributed by atoms with Crippen molar-refractivity contribution in [1.82, 2.24) is 10.6 Å². The molecule has 1 amide bonds. The Hall–Kier alpha value is -1.91. The molecule has 0 spiro atoms. The molecule has 0 unspecified atom stereocenters. The number of nitrogens with one attached hydrogen (secondary N) is 2. The third-order valence-corrected chi connectivity index (χ3v) is 5.96. The van der Waals surface area contributed by atoms with Gasteiger partial charge in [0, 0.05) is 13.1 Å². The van der Waals surface area contributed by atoms with E-state index in [1.807, 2.05) is 12.1 Å². The molecule has 2 aromatic rings. The van der Waals surface area contributed by atoms with Crippen molar-refractivity contribution in [2.24, 2.45) is 17.1 Å². The van der Waals surface area contributed by atoms with E-state index in [9.17, 15) is 4.79 Å². The van der Waals surface area contributed by atoms with Gasteiger partial charge >= 0.3 is 0 Å². The fourth-order valence-electron chi connectivity index (χ4n) is 4.53. The van der Waals surface area contributed by atoms with Crippen LogP contribution in [-0.4, -0.2) is 25.5 Å². The first kappa shape index (κ1) is 15.6. The van der Waals surface area contributed by atoms with Crippen LogP contribution < -0.4 is 16.4 Å². The van der Waals surface area contributed by atoms with Gasteiger partial charge in [0.1, 0.15) is 0 Å². The monoisotopic (exact) mass is 323 g/mol. The van der Waals surface area contributed by atoms with Crippen LogP contribution >= 0.6 is 0 Å². The van der Waals surface area contributed by atoms with E-state index in [1.165, 1.54) is 10.8 Å². The Balaban J connectivity index is 1.58. The van der Waals surface area contributed by atoms with Crippen LogP contribution in [0.15, 0.2) is 42.5 Å². The van der Waals surface area contributed by atoms with Gasteiger partial charge in [-0.1, -0.05) is 42.8 Å². The van der Waals surface area contributed by atoms with Crippen LogP contribution in [0.3, 0.4) is 0 Å². The number of benzene rings is 2. The van der Waals surface area contributed by atoms with Crippen molar-refractivity contribution in [2.45, 2.75) is 25.3 Å². The van der Waals surface area contributed by atoms with E-state index in [0.717, 1.165) is 37.9 Å². The van der Waals surface area contributed by atoms with E-state index in [1.54, 1.807) is 0 Å². The SMILES string of the molecule is NC[C@@H](NC(=O)[C@@]12CCC[C@@H]1CNC2)c1ccc2ccccc2c1. The summed E-state index contributed by atoms with van der Waals surface area (Å²) in [5.74, 6) is 0.658. The highest BCUT2D eigenvalue weighted by atomic mass is 16.2. The molecule has 0 radical (unpaired) electrons. The average molecular weight is 323 g/mol. The van der Waals surface area contributed by atoms with Gasteiger partial charge in [-0.2, -0.15) is 0 Å². The van der Waals surface area contributed by atoms with E-state index >= 15 is 0 Å². The predicted molar refractivity (Wildman–Crippen MR) is 96.5 cm³/mol. The fourth-order valence-corrected chi connectivity index (χ4v) is 4.53. The molecule has 1 aliphatic carbocycles. The maximum Gasteiger partial charge on any atom is 0.228 e. The second-order valence-corrected chi connectivity index (χ2v) is 7.24. The zero-order chi connectivity index (χ0) is 16.6. The lowest BCUT2D eigenvalue weighted by atomic mass is 9.79. The molecule has 4 nitrogen and oxygen atoms in total. The number of hydrogen-bond donors (Lipinski definition) is 3. The Labute approximate surface area is 142 Å². The van der Waals surface area contributed by atoms with Gasteiger partial charge in [-0.3, -0.25) is 4.79 Å². The Bertz CT molecular complexity index is 747. The van der Waals surface area contributed by atoms with Gasteiger partial charge in [0.25, 0.3) is 0 Å². The molecule has 2 fully saturated rings. The molecule has 1 saturated heterocycles. The van der Waals surface area contributed by atoms with Gasteiger partial charge in [-0.15, -0.1) is 0 Å². The minimum absolute atomic E-state index is 0.127. The summed E-state index contributed by atoms with van der Waals surface area (Å²) in [5.41, 5.74) is 6.87. The summed E-state index contributed by atoms with van der Waals surface area (Å²) in [7, 11) is 0. The van der Waals surface area contributed by atoms with Gasteiger partial charge in [-0.25, -0.2) is 0 Å². The minimum Gasteiger partial charge on any atom is -0.347 e. The lowest BCUT2D eigenvalue weighted by Crippen LogP contribution is -2.46. The predicted octanol–water partition coefficient (Wildman–Crippen LogP) is 2.35. The summed E-state index contributed by atoms with van der Waals surface area (Å²) < 4.78 is 0. The van der Waals surface area contributed by atoms with Crippen molar-refractivity contribution < 1.29 is 4.79 Å². The number of hydrogen-bond acceptors (Lipinski definition) is 3. The molecule has 4 N–H and O–H groups in total. The Morgan fingerprint density at radius 1 is 1.29 bits per heavy atom.